The molecular weight excluding hydrogens is 89.8 g/mol. The van der Waals surface area contributed by atoms with Gasteiger partial charge in [0.15, 0.2) is 0 Å². The van der Waals surface area contributed by atoms with Crippen LogP contribution >= 0.6 is 9.12 Å². The summed E-state index contributed by atoms with van der Waals surface area (Å²) >= 11 is 0. The third-order valence-electron chi connectivity index (χ3n) is 0.500. The number of hydrogen-bond acceptors (Lipinski definition) is 0. The van der Waals surface area contributed by atoms with E-state index in [0.717, 1.165) is 0 Å². The Morgan fingerprint density at radius 1 is 1.67 bits per heavy atom. The van der Waals surface area contributed by atoms with Gasteiger partial charge in [-0.3, -0.25) is 0 Å². The van der Waals surface area contributed by atoms with Crippen LogP contribution in [0.15, 0.2) is 0 Å². The molecule has 1 atom stereocenters. The minimum absolute atomic E-state index is 0.0347. The van der Waals surface area contributed by atoms with Gasteiger partial charge in [0.2, 0.25) is 0 Å². The highest BCUT2D eigenvalue weighted by molar-refractivity contribution is 7.56. The Kier molecular flexibility index (Phi) is 1.53. The lowest BCUT2D eigenvalue weighted by atomic mass is 9.73. The fraction of sp³-hybridized carbons (Fsp3) is 1.00. The Labute approximate surface area is 44.5 Å². The van der Waals surface area contributed by atoms with Crippen LogP contribution in [0, 0.1) is 0 Å². The van der Waals surface area contributed by atoms with Crippen LogP contribution in [0.1, 0.15) is 20.8 Å². The zero-order chi connectivity index (χ0) is 6.08. The van der Waals surface area contributed by atoms with E-state index in [1.165, 1.54) is 0 Å². The smallest absolute Gasteiger partial charge is 0.150 e. The Bertz CT molecular complexity index is 57.2. The molecule has 0 aromatic rings. The molecule has 0 saturated carbocycles. The van der Waals surface area contributed by atoms with Gasteiger partial charge in [0.25, 0.3) is 0 Å². The maximum atomic E-state index is 7.19. The maximum Gasteiger partial charge on any atom is 0.150 e. The molecule has 0 spiro atoms. The lowest BCUT2D eigenvalue weighted by Gasteiger charge is -2.10. The normalized spacial score (nSPS) is 13.7. The predicted octanol–water partition coefficient (Wildman–Crippen LogP) is 1.43. The SMILES string of the molecule is [3H]B(P)C(C)(C)C. The van der Waals surface area contributed by atoms with Crippen molar-refractivity contribution in [2.45, 2.75) is 26.1 Å². The van der Waals surface area contributed by atoms with Crippen LogP contribution in [0.25, 0.3) is 0 Å². The Morgan fingerprint density at radius 3 is 1.83 bits per heavy atom. The van der Waals surface area contributed by atoms with Gasteiger partial charge in [-0.25, -0.2) is 0 Å². The van der Waals surface area contributed by atoms with Gasteiger partial charge in [0.05, 0.1) is 0 Å². The van der Waals surface area contributed by atoms with Gasteiger partial charge in [0, 0.05) is 0 Å². The van der Waals surface area contributed by atoms with Crippen molar-refractivity contribution in [2.75, 3.05) is 0 Å². The van der Waals surface area contributed by atoms with Gasteiger partial charge in [-0.15, -0.1) is 0 Å². The molecule has 0 aromatic heterocycles. The Morgan fingerprint density at radius 2 is 1.83 bits per heavy atom. The second-order valence-corrected chi connectivity index (χ2v) is 2.87. The van der Waals surface area contributed by atoms with Gasteiger partial charge in [-0.05, 0) is 1.34 Å². The van der Waals surface area contributed by atoms with Crippen molar-refractivity contribution in [2.24, 2.45) is 0 Å². The Hall–Kier alpha value is 0.495. The topological polar surface area (TPSA) is 0 Å². The van der Waals surface area contributed by atoms with E-state index in [-0.39, 0.29) is 12.3 Å². The maximum absolute atomic E-state index is 7.19. The van der Waals surface area contributed by atoms with E-state index in [9.17, 15) is 0 Å². The minimum Gasteiger partial charge on any atom is -0.174 e. The highest BCUT2D eigenvalue weighted by Gasteiger charge is 2.05. The summed E-state index contributed by atoms with van der Waals surface area (Å²) in [6, 6.07) is 0. The molecule has 0 aliphatic carbocycles. The van der Waals surface area contributed by atoms with Crippen molar-refractivity contribution in [1.82, 2.24) is 0 Å². The molecule has 0 fully saturated rings. The van der Waals surface area contributed by atoms with Gasteiger partial charge in [0.1, 0.15) is 6.96 Å². The quantitative estimate of drug-likeness (QED) is 0.322. The molecule has 0 nitrogen and oxygen atoms in total. The molecule has 6 heavy (non-hydrogen) atoms. The van der Waals surface area contributed by atoms with E-state index in [2.05, 4.69) is 29.9 Å². The van der Waals surface area contributed by atoms with Crippen LogP contribution in [-0.2, 0) is 0 Å². The van der Waals surface area contributed by atoms with Crippen molar-refractivity contribution in [3.05, 3.63) is 0 Å². The third-order valence-corrected chi connectivity index (χ3v) is 1.50. The Balaban J connectivity index is 3.54. The molecule has 0 rings (SSSR count). The van der Waals surface area contributed by atoms with E-state index in [1.54, 1.807) is 0 Å². The predicted molar refractivity (Wildman–Crippen MR) is 36.6 cm³/mol. The summed E-state index contributed by atoms with van der Waals surface area (Å²) < 4.78 is 7.19. The molecule has 0 N–H and O–H groups in total. The van der Waals surface area contributed by atoms with Gasteiger partial charge < -0.3 is 0 Å². The molecule has 1 unspecified atom stereocenters. The van der Waals surface area contributed by atoms with Crippen LogP contribution in [0.2, 0.25) is 5.31 Å². The van der Waals surface area contributed by atoms with Crippen LogP contribution in [0.5, 0.6) is 0 Å². The van der Waals surface area contributed by atoms with Crippen LogP contribution in [0.3, 0.4) is 0 Å². The van der Waals surface area contributed by atoms with E-state index in [0.29, 0.717) is 0 Å². The van der Waals surface area contributed by atoms with E-state index in [4.69, 9.17) is 1.34 Å². The molecule has 2 heteroatoms. The van der Waals surface area contributed by atoms with E-state index in [1.807, 2.05) is 0 Å². The summed E-state index contributed by atoms with van der Waals surface area (Å²) in [5.41, 5.74) is 0. The zero-order valence-corrected chi connectivity index (χ0v) is 5.81. The average molecular weight is 104 g/mol. The van der Waals surface area contributed by atoms with Crippen molar-refractivity contribution in [1.29, 1.82) is 1.34 Å². The van der Waals surface area contributed by atoms with E-state index < -0.39 is 0 Å². The molecule has 0 radical (unpaired) electrons. The minimum atomic E-state index is -0.0347. The molecule has 0 saturated heterocycles. The summed E-state index contributed by atoms with van der Waals surface area (Å²) in [5.74, 6) is 0. The average Bonchev–Trinajstić information content (AvgIpc) is 1.31. The first-order valence-corrected chi connectivity index (χ1v) is 2.79. The van der Waals surface area contributed by atoms with Gasteiger partial charge in [-0.1, -0.05) is 26.1 Å². The molecule has 0 bridgehead atoms. The molecule has 0 heterocycles. The van der Waals surface area contributed by atoms with Crippen molar-refractivity contribution < 1.29 is 0 Å². The summed E-state index contributed by atoms with van der Waals surface area (Å²) in [4.78, 5) is 0. The van der Waals surface area contributed by atoms with E-state index >= 15 is 0 Å². The van der Waals surface area contributed by atoms with Gasteiger partial charge in [-0.2, -0.15) is 9.12 Å². The zero-order valence-electron chi connectivity index (χ0n) is 5.65. The molecule has 0 aliphatic rings. The molecule has 0 amide bonds. The second kappa shape index (κ2) is 1.98. The summed E-state index contributed by atoms with van der Waals surface area (Å²) in [6.07, 6.45) is 0. The monoisotopic (exact) mass is 104 g/mol. The first-order chi connectivity index (χ1) is 2.94. The molecule has 0 aromatic carbocycles. The summed E-state index contributed by atoms with van der Waals surface area (Å²) in [5, 5.41) is 0.130. The fourth-order valence-electron chi connectivity index (χ4n) is 0. The van der Waals surface area contributed by atoms with Crippen molar-refractivity contribution in [3.8, 4) is 0 Å². The van der Waals surface area contributed by atoms with Crippen molar-refractivity contribution in [3.63, 3.8) is 0 Å². The second-order valence-electron chi connectivity index (χ2n) is 2.53. The third kappa shape index (κ3) is 4.49. The van der Waals surface area contributed by atoms with Crippen LogP contribution in [-0.4, -0.2) is 8.30 Å². The highest BCUT2D eigenvalue weighted by Crippen LogP contribution is 2.21. The summed E-state index contributed by atoms with van der Waals surface area (Å²) in [7, 11) is 2.47. The first-order valence-electron chi connectivity index (χ1n) is 2.70. The number of rotatable bonds is 0. The highest BCUT2D eigenvalue weighted by atomic mass is 31.0. The lowest BCUT2D eigenvalue weighted by Crippen LogP contribution is -1.99. The molecule has 36 valence electrons. The van der Waals surface area contributed by atoms with Crippen LogP contribution < -0.4 is 0 Å². The fourth-order valence-corrected chi connectivity index (χ4v) is 0. The van der Waals surface area contributed by atoms with Gasteiger partial charge >= 0.3 is 0 Å². The molecule has 0 aliphatic heterocycles. The standard InChI is InChI=1S/C4H12BP/c1-4(2,3)5-6/h5H,6H2,1-3H3/i5T. The van der Waals surface area contributed by atoms with Crippen LogP contribution in [0.4, 0.5) is 0 Å². The largest absolute Gasteiger partial charge is 0.174 e. The lowest BCUT2D eigenvalue weighted by molar-refractivity contribution is 0.764. The van der Waals surface area contributed by atoms with Crippen molar-refractivity contribution >= 4 is 16.1 Å². The summed E-state index contributed by atoms with van der Waals surface area (Å²) in [6.45, 7) is 6.12. The molecular formula is C4H12BP. The first kappa shape index (κ1) is 4.65. The number of hydrogen-bond donors (Lipinski definition) is 0.